The first kappa shape index (κ1) is 13.9. The summed E-state index contributed by atoms with van der Waals surface area (Å²) in [5.41, 5.74) is 5.61. The SMILES string of the molecule is CCN(CCO)S(=O)(=O)c1cc(N)ccc1F. The Bertz CT molecular complexity index is 490. The molecule has 0 unspecified atom stereocenters. The van der Waals surface area contributed by atoms with Gasteiger partial charge in [-0.05, 0) is 18.2 Å². The summed E-state index contributed by atoms with van der Waals surface area (Å²) in [5.74, 6) is -0.851. The second kappa shape index (κ2) is 5.44. The molecule has 0 fully saturated rings. The van der Waals surface area contributed by atoms with Crippen molar-refractivity contribution in [2.75, 3.05) is 25.4 Å². The molecule has 0 aromatic heterocycles. The Morgan fingerprint density at radius 3 is 2.65 bits per heavy atom. The minimum absolute atomic E-state index is 0.0763. The molecular weight excluding hydrogens is 247 g/mol. The molecule has 0 radical (unpaired) electrons. The van der Waals surface area contributed by atoms with Crippen LogP contribution in [0.3, 0.4) is 0 Å². The molecule has 7 heteroatoms. The zero-order valence-electron chi connectivity index (χ0n) is 9.43. The molecule has 96 valence electrons. The zero-order chi connectivity index (χ0) is 13.1. The highest BCUT2D eigenvalue weighted by Crippen LogP contribution is 2.21. The maximum absolute atomic E-state index is 13.5. The third kappa shape index (κ3) is 2.93. The minimum atomic E-state index is -3.95. The maximum Gasteiger partial charge on any atom is 0.246 e. The number of nitrogens with two attached hydrogens (primary N) is 1. The quantitative estimate of drug-likeness (QED) is 0.753. The Morgan fingerprint density at radius 2 is 2.12 bits per heavy atom. The van der Waals surface area contributed by atoms with Gasteiger partial charge in [0.2, 0.25) is 10.0 Å². The van der Waals surface area contributed by atoms with Crippen molar-refractivity contribution < 1.29 is 17.9 Å². The second-order valence-electron chi connectivity index (χ2n) is 3.41. The number of anilines is 1. The molecule has 1 aromatic rings. The van der Waals surface area contributed by atoms with Crippen LogP contribution < -0.4 is 5.73 Å². The lowest BCUT2D eigenvalue weighted by Crippen LogP contribution is -2.33. The first-order valence-corrected chi connectivity index (χ1v) is 6.53. The van der Waals surface area contributed by atoms with E-state index in [4.69, 9.17) is 10.8 Å². The molecule has 0 amide bonds. The van der Waals surface area contributed by atoms with Crippen LogP contribution in [0.1, 0.15) is 6.92 Å². The van der Waals surface area contributed by atoms with Crippen LogP contribution in [-0.4, -0.2) is 37.5 Å². The number of aliphatic hydroxyl groups excluding tert-OH is 1. The van der Waals surface area contributed by atoms with Gasteiger partial charge in [0.25, 0.3) is 0 Å². The Labute approximate surface area is 99.7 Å². The number of aliphatic hydroxyl groups is 1. The fourth-order valence-corrected chi connectivity index (χ4v) is 2.96. The van der Waals surface area contributed by atoms with Gasteiger partial charge in [-0.3, -0.25) is 0 Å². The molecule has 0 saturated heterocycles. The fourth-order valence-electron chi connectivity index (χ4n) is 1.42. The summed E-state index contributed by atoms with van der Waals surface area (Å²) >= 11 is 0. The smallest absolute Gasteiger partial charge is 0.246 e. The topological polar surface area (TPSA) is 83.6 Å². The summed E-state index contributed by atoms with van der Waals surface area (Å²) in [6, 6.07) is 3.37. The van der Waals surface area contributed by atoms with Gasteiger partial charge >= 0.3 is 0 Å². The summed E-state index contributed by atoms with van der Waals surface area (Å²) in [6.07, 6.45) is 0. The molecule has 0 aliphatic rings. The van der Waals surface area contributed by atoms with Gasteiger partial charge in [0, 0.05) is 18.8 Å². The van der Waals surface area contributed by atoms with E-state index in [2.05, 4.69) is 0 Å². The number of halogens is 1. The Kier molecular flexibility index (Phi) is 4.44. The Hall–Kier alpha value is -1.18. The maximum atomic E-state index is 13.5. The number of hydrogen-bond acceptors (Lipinski definition) is 4. The van der Waals surface area contributed by atoms with Gasteiger partial charge in [0.1, 0.15) is 10.7 Å². The van der Waals surface area contributed by atoms with Crippen LogP contribution in [0.25, 0.3) is 0 Å². The van der Waals surface area contributed by atoms with Gasteiger partial charge < -0.3 is 10.8 Å². The summed E-state index contributed by atoms with van der Waals surface area (Å²) in [7, 11) is -3.95. The molecule has 0 aliphatic heterocycles. The van der Waals surface area contributed by atoms with Gasteiger partial charge in [-0.25, -0.2) is 12.8 Å². The first-order valence-electron chi connectivity index (χ1n) is 5.09. The molecule has 17 heavy (non-hydrogen) atoms. The number of nitrogens with zero attached hydrogens (tertiary/aromatic N) is 1. The summed E-state index contributed by atoms with van der Waals surface area (Å²) in [5, 5.41) is 8.78. The van der Waals surface area contributed by atoms with Crippen molar-refractivity contribution in [3.63, 3.8) is 0 Å². The molecule has 0 spiro atoms. The van der Waals surface area contributed by atoms with Crippen LogP contribution in [0.5, 0.6) is 0 Å². The number of sulfonamides is 1. The molecule has 3 N–H and O–H groups in total. The van der Waals surface area contributed by atoms with E-state index in [-0.39, 0.29) is 25.4 Å². The van der Waals surface area contributed by atoms with Crippen LogP contribution in [0.15, 0.2) is 23.1 Å². The predicted molar refractivity (Wildman–Crippen MR) is 62.3 cm³/mol. The van der Waals surface area contributed by atoms with E-state index in [9.17, 15) is 12.8 Å². The highest BCUT2D eigenvalue weighted by Gasteiger charge is 2.25. The van der Waals surface area contributed by atoms with Crippen molar-refractivity contribution in [3.05, 3.63) is 24.0 Å². The van der Waals surface area contributed by atoms with Gasteiger partial charge in [-0.1, -0.05) is 6.92 Å². The lowest BCUT2D eigenvalue weighted by atomic mass is 10.3. The van der Waals surface area contributed by atoms with E-state index >= 15 is 0 Å². The van der Waals surface area contributed by atoms with Crippen molar-refractivity contribution in [2.45, 2.75) is 11.8 Å². The zero-order valence-corrected chi connectivity index (χ0v) is 10.2. The highest BCUT2D eigenvalue weighted by molar-refractivity contribution is 7.89. The second-order valence-corrected chi connectivity index (χ2v) is 5.32. The molecule has 0 bridgehead atoms. The third-order valence-corrected chi connectivity index (χ3v) is 4.26. The number of benzene rings is 1. The van der Waals surface area contributed by atoms with Gasteiger partial charge in [-0.15, -0.1) is 0 Å². The van der Waals surface area contributed by atoms with E-state index in [0.29, 0.717) is 0 Å². The van der Waals surface area contributed by atoms with Gasteiger partial charge in [0.05, 0.1) is 6.61 Å². The molecule has 0 atom stereocenters. The fraction of sp³-hybridized carbons (Fsp3) is 0.400. The average molecular weight is 262 g/mol. The number of likely N-dealkylation sites (N-methyl/N-ethyl adjacent to an activating group) is 1. The molecule has 1 rings (SSSR count). The van der Waals surface area contributed by atoms with Crippen LogP contribution in [0, 0.1) is 5.82 Å². The standard InChI is InChI=1S/C10H15FN2O3S/c1-2-13(5-6-14)17(15,16)10-7-8(12)3-4-9(10)11/h3-4,7,14H,2,5-6,12H2,1H3. The van der Waals surface area contributed by atoms with Crippen molar-refractivity contribution in [1.29, 1.82) is 0 Å². The molecule has 0 saturated carbocycles. The number of hydrogen-bond donors (Lipinski definition) is 2. The van der Waals surface area contributed by atoms with Crippen LogP contribution in [0.2, 0.25) is 0 Å². The normalized spacial score (nSPS) is 12.0. The van der Waals surface area contributed by atoms with E-state index in [0.717, 1.165) is 16.4 Å². The summed E-state index contributed by atoms with van der Waals surface area (Å²) < 4.78 is 38.6. The lowest BCUT2D eigenvalue weighted by Gasteiger charge is -2.19. The van der Waals surface area contributed by atoms with Crippen LogP contribution >= 0.6 is 0 Å². The third-order valence-electron chi connectivity index (χ3n) is 2.28. The van der Waals surface area contributed by atoms with Crippen molar-refractivity contribution >= 4 is 15.7 Å². The van der Waals surface area contributed by atoms with Crippen LogP contribution in [0.4, 0.5) is 10.1 Å². The number of nitrogen functional groups attached to an aromatic ring is 1. The molecule has 0 aliphatic carbocycles. The van der Waals surface area contributed by atoms with E-state index in [1.165, 1.54) is 6.07 Å². The van der Waals surface area contributed by atoms with E-state index in [1.807, 2.05) is 0 Å². The summed E-state index contributed by atoms with van der Waals surface area (Å²) in [4.78, 5) is -0.465. The Balaban J connectivity index is 3.24. The molecule has 5 nitrogen and oxygen atoms in total. The van der Waals surface area contributed by atoms with E-state index < -0.39 is 20.7 Å². The summed E-state index contributed by atoms with van der Waals surface area (Å²) in [6.45, 7) is 1.36. The average Bonchev–Trinajstić information content (AvgIpc) is 2.28. The minimum Gasteiger partial charge on any atom is -0.399 e. The molecule has 0 heterocycles. The largest absolute Gasteiger partial charge is 0.399 e. The predicted octanol–water partition coefficient (Wildman–Crippen LogP) is 0.411. The first-order chi connectivity index (χ1) is 7.93. The molecule has 1 aromatic carbocycles. The van der Waals surface area contributed by atoms with Gasteiger partial charge in [-0.2, -0.15) is 4.31 Å². The highest BCUT2D eigenvalue weighted by atomic mass is 32.2. The van der Waals surface area contributed by atoms with Crippen molar-refractivity contribution in [1.82, 2.24) is 4.31 Å². The molecular formula is C10H15FN2O3S. The van der Waals surface area contributed by atoms with E-state index in [1.54, 1.807) is 6.92 Å². The number of rotatable bonds is 5. The monoisotopic (exact) mass is 262 g/mol. The lowest BCUT2D eigenvalue weighted by molar-refractivity contribution is 0.256. The van der Waals surface area contributed by atoms with Gasteiger partial charge in [0.15, 0.2) is 0 Å². The van der Waals surface area contributed by atoms with Crippen LogP contribution in [-0.2, 0) is 10.0 Å². The Morgan fingerprint density at radius 1 is 1.47 bits per heavy atom. The van der Waals surface area contributed by atoms with Crippen molar-refractivity contribution in [3.8, 4) is 0 Å². The van der Waals surface area contributed by atoms with Crippen molar-refractivity contribution in [2.24, 2.45) is 0 Å².